The number of rotatable bonds is 6. The van der Waals surface area contributed by atoms with E-state index in [1.54, 1.807) is 19.1 Å². The number of nitro groups is 1. The van der Waals surface area contributed by atoms with Crippen molar-refractivity contribution in [2.45, 2.75) is 26.7 Å². The molecule has 0 unspecified atom stereocenters. The van der Waals surface area contributed by atoms with Crippen LogP contribution in [0.15, 0.2) is 42.5 Å². The minimum absolute atomic E-state index is 0.0365. The molecule has 0 aliphatic rings. The number of amides is 1. The van der Waals surface area contributed by atoms with Crippen molar-refractivity contribution < 1.29 is 9.72 Å². The lowest BCUT2D eigenvalue weighted by atomic mass is 10.0. The zero-order chi connectivity index (χ0) is 17.7. The fraction of sp³-hybridized carbons (Fsp3) is 0.278. The number of nitro benzene ring substituents is 1. The van der Waals surface area contributed by atoms with E-state index < -0.39 is 4.92 Å². The number of hydrogen-bond donors (Lipinski definition) is 2. The summed E-state index contributed by atoms with van der Waals surface area (Å²) in [5.74, 6) is -0.00420. The Balaban J connectivity index is 2.06. The van der Waals surface area contributed by atoms with Gasteiger partial charge in [0, 0.05) is 11.8 Å². The molecule has 2 N–H and O–H groups in total. The summed E-state index contributed by atoms with van der Waals surface area (Å²) in [7, 11) is 0. The Morgan fingerprint density at radius 2 is 1.88 bits per heavy atom. The Bertz CT molecular complexity index is 757. The number of anilines is 2. The van der Waals surface area contributed by atoms with Crippen LogP contribution in [0.3, 0.4) is 0 Å². The van der Waals surface area contributed by atoms with E-state index in [4.69, 9.17) is 0 Å². The van der Waals surface area contributed by atoms with Gasteiger partial charge in [-0.3, -0.25) is 14.9 Å². The van der Waals surface area contributed by atoms with Crippen LogP contribution in [0.1, 0.15) is 30.9 Å². The van der Waals surface area contributed by atoms with E-state index in [2.05, 4.69) is 24.5 Å². The maximum atomic E-state index is 12.1. The molecule has 2 aromatic rings. The number of para-hydroxylation sites is 1. The van der Waals surface area contributed by atoms with Gasteiger partial charge >= 0.3 is 0 Å². The molecule has 6 heteroatoms. The quantitative estimate of drug-likeness (QED) is 0.618. The zero-order valence-electron chi connectivity index (χ0n) is 14.0. The van der Waals surface area contributed by atoms with E-state index in [1.807, 2.05) is 24.3 Å². The van der Waals surface area contributed by atoms with Crippen molar-refractivity contribution in [1.82, 2.24) is 0 Å². The van der Waals surface area contributed by atoms with Gasteiger partial charge in [-0.25, -0.2) is 0 Å². The van der Waals surface area contributed by atoms with Gasteiger partial charge in [0.1, 0.15) is 5.69 Å². The highest BCUT2D eigenvalue weighted by atomic mass is 16.6. The number of carbonyl (C=O) groups excluding carboxylic acids is 1. The molecule has 2 aromatic carbocycles. The van der Waals surface area contributed by atoms with E-state index in [9.17, 15) is 14.9 Å². The molecule has 0 saturated carbocycles. The Labute approximate surface area is 141 Å². The summed E-state index contributed by atoms with van der Waals surface area (Å²) in [5, 5.41) is 16.8. The van der Waals surface area contributed by atoms with E-state index in [0.29, 0.717) is 5.92 Å². The molecule has 6 nitrogen and oxygen atoms in total. The van der Waals surface area contributed by atoms with Crippen molar-refractivity contribution in [3.8, 4) is 0 Å². The molecule has 0 fully saturated rings. The van der Waals surface area contributed by atoms with Crippen LogP contribution in [0.2, 0.25) is 0 Å². The smallest absolute Gasteiger partial charge is 0.293 e. The first-order chi connectivity index (χ1) is 11.4. The topological polar surface area (TPSA) is 84.3 Å². The Hall–Kier alpha value is -2.89. The molecule has 126 valence electrons. The number of benzene rings is 2. The van der Waals surface area contributed by atoms with Crippen LogP contribution in [0.5, 0.6) is 0 Å². The molecule has 0 spiro atoms. The van der Waals surface area contributed by atoms with Gasteiger partial charge in [-0.05, 0) is 36.1 Å². The van der Waals surface area contributed by atoms with E-state index in [0.717, 1.165) is 16.8 Å². The van der Waals surface area contributed by atoms with Gasteiger partial charge in [-0.2, -0.15) is 0 Å². The maximum absolute atomic E-state index is 12.1. The third-order valence-electron chi connectivity index (χ3n) is 3.65. The van der Waals surface area contributed by atoms with Gasteiger partial charge in [-0.15, -0.1) is 0 Å². The maximum Gasteiger partial charge on any atom is 0.293 e. The fourth-order valence-electron chi connectivity index (χ4n) is 2.43. The summed E-state index contributed by atoms with van der Waals surface area (Å²) in [5.41, 5.74) is 2.87. The summed E-state index contributed by atoms with van der Waals surface area (Å²) in [4.78, 5) is 22.7. The highest BCUT2D eigenvalue weighted by Gasteiger charge is 2.16. The first-order valence-electron chi connectivity index (χ1n) is 7.76. The minimum Gasteiger partial charge on any atom is -0.376 e. The highest BCUT2D eigenvalue weighted by Crippen LogP contribution is 2.26. The molecular formula is C18H21N3O3. The van der Waals surface area contributed by atoms with Crippen molar-refractivity contribution >= 4 is 23.0 Å². The fourth-order valence-corrected chi connectivity index (χ4v) is 2.43. The molecule has 0 aliphatic heterocycles. The summed E-state index contributed by atoms with van der Waals surface area (Å²) in [6.07, 6.45) is 0. The predicted octanol–water partition coefficient (Wildman–Crippen LogP) is 4.08. The van der Waals surface area contributed by atoms with E-state index in [-0.39, 0.29) is 23.8 Å². The number of nitrogens with one attached hydrogen (secondary N) is 2. The highest BCUT2D eigenvalue weighted by molar-refractivity contribution is 5.95. The molecule has 2 rings (SSSR count). The number of hydrogen-bond acceptors (Lipinski definition) is 4. The van der Waals surface area contributed by atoms with Crippen LogP contribution in [-0.4, -0.2) is 17.4 Å². The summed E-state index contributed by atoms with van der Waals surface area (Å²) in [6, 6.07) is 12.5. The summed E-state index contributed by atoms with van der Waals surface area (Å²) >= 11 is 0. The summed E-state index contributed by atoms with van der Waals surface area (Å²) in [6.45, 7) is 5.96. The normalized spacial score (nSPS) is 10.5. The monoisotopic (exact) mass is 327 g/mol. The van der Waals surface area contributed by atoms with Crippen LogP contribution in [0.4, 0.5) is 17.1 Å². The van der Waals surface area contributed by atoms with Crippen molar-refractivity contribution in [2.75, 3.05) is 17.2 Å². The molecule has 0 heterocycles. The van der Waals surface area contributed by atoms with Gasteiger partial charge < -0.3 is 10.6 Å². The molecular weight excluding hydrogens is 306 g/mol. The second-order valence-corrected chi connectivity index (χ2v) is 5.92. The van der Waals surface area contributed by atoms with Crippen LogP contribution < -0.4 is 10.6 Å². The molecule has 0 bridgehead atoms. The van der Waals surface area contributed by atoms with Gasteiger partial charge in [0.15, 0.2) is 0 Å². The Morgan fingerprint density at radius 1 is 1.17 bits per heavy atom. The lowest BCUT2D eigenvalue weighted by molar-refractivity contribution is -0.384. The van der Waals surface area contributed by atoms with Crippen LogP contribution in [0, 0.1) is 17.0 Å². The molecule has 0 saturated heterocycles. The van der Waals surface area contributed by atoms with Crippen LogP contribution >= 0.6 is 0 Å². The number of carbonyl (C=O) groups is 1. The van der Waals surface area contributed by atoms with Crippen molar-refractivity contribution in [1.29, 1.82) is 0 Å². The Kier molecular flexibility index (Phi) is 5.52. The first kappa shape index (κ1) is 17.5. The lowest BCUT2D eigenvalue weighted by Gasteiger charge is -2.14. The van der Waals surface area contributed by atoms with Gasteiger partial charge in [0.25, 0.3) is 5.69 Å². The molecule has 24 heavy (non-hydrogen) atoms. The number of nitrogens with zero attached hydrogens (tertiary/aromatic N) is 1. The average Bonchev–Trinajstić information content (AvgIpc) is 2.54. The van der Waals surface area contributed by atoms with E-state index >= 15 is 0 Å². The second-order valence-electron chi connectivity index (χ2n) is 5.92. The van der Waals surface area contributed by atoms with Gasteiger partial charge in [-0.1, -0.05) is 38.1 Å². The standard InChI is InChI=1S/C18H21N3O3/c1-12(2)14-6-4-5-7-15(14)19-11-18(22)20-16-9-8-13(3)10-17(16)21(23)24/h4-10,12,19H,11H2,1-3H3,(H,20,22). The van der Waals surface area contributed by atoms with Crippen molar-refractivity contribution in [2.24, 2.45) is 0 Å². The molecule has 1 amide bonds. The van der Waals surface area contributed by atoms with Crippen molar-refractivity contribution in [3.63, 3.8) is 0 Å². The van der Waals surface area contributed by atoms with Crippen LogP contribution in [-0.2, 0) is 4.79 Å². The predicted molar refractivity (Wildman–Crippen MR) is 95.5 cm³/mol. The third-order valence-corrected chi connectivity index (χ3v) is 3.65. The van der Waals surface area contributed by atoms with Crippen molar-refractivity contribution in [3.05, 3.63) is 63.7 Å². The third kappa shape index (κ3) is 4.32. The molecule has 0 aromatic heterocycles. The minimum atomic E-state index is -0.496. The molecule has 0 radical (unpaired) electrons. The summed E-state index contributed by atoms with van der Waals surface area (Å²) < 4.78 is 0. The first-order valence-corrected chi connectivity index (χ1v) is 7.76. The largest absolute Gasteiger partial charge is 0.376 e. The second kappa shape index (κ2) is 7.59. The molecule has 0 aliphatic carbocycles. The van der Waals surface area contributed by atoms with Gasteiger partial charge in [0.05, 0.1) is 11.5 Å². The SMILES string of the molecule is Cc1ccc(NC(=O)CNc2ccccc2C(C)C)c([N+](=O)[O-])c1. The average molecular weight is 327 g/mol. The Morgan fingerprint density at radius 3 is 2.54 bits per heavy atom. The van der Waals surface area contributed by atoms with E-state index in [1.165, 1.54) is 6.07 Å². The van der Waals surface area contributed by atoms with Gasteiger partial charge in [0.2, 0.25) is 5.91 Å². The van der Waals surface area contributed by atoms with Crippen LogP contribution in [0.25, 0.3) is 0 Å². The molecule has 0 atom stereocenters. The lowest BCUT2D eigenvalue weighted by Crippen LogP contribution is -2.22. The number of aryl methyl sites for hydroxylation is 1. The zero-order valence-corrected chi connectivity index (χ0v) is 14.0.